The van der Waals surface area contributed by atoms with Gasteiger partial charge in [0, 0.05) is 57.1 Å². The molecule has 0 aromatic carbocycles. The standard InChI is InChI=1S/2CH4.2Ge.2Si/h2*1H4;;;;. The summed E-state index contributed by atoms with van der Waals surface area (Å²) in [5.74, 6) is 0. The van der Waals surface area contributed by atoms with Crippen LogP contribution in [0, 0.1) is 0 Å². The zero-order valence-electron chi connectivity index (χ0n) is 2.00. The number of hydrogen-bond acceptors (Lipinski definition) is 0. The SMILES string of the molecule is C.C.[Ge].[Ge].[Si].[Si]. The molecule has 4 heteroatoms. The second-order valence-corrected chi connectivity index (χ2v) is 0. The molecule has 16 radical (unpaired) electrons. The molecule has 0 saturated carbocycles. The van der Waals surface area contributed by atoms with Gasteiger partial charge in [-0.2, -0.15) is 0 Å². The van der Waals surface area contributed by atoms with Crippen molar-refractivity contribution in [3.8, 4) is 0 Å². The predicted octanol–water partition coefficient (Wildman–Crippen LogP) is -0.251. The summed E-state index contributed by atoms with van der Waals surface area (Å²) in [5, 5.41) is 0. The molecule has 0 aromatic heterocycles. The van der Waals surface area contributed by atoms with Crippen LogP contribution < -0.4 is 0 Å². The van der Waals surface area contributed by atoms with Crippen molar-refractivity contribution in [3.05, 3.63) is 0 Å². The second-order valence-electron chi connectivity index (χ2n) is 0. The van der Waals surface area contributed by atoms with E-state index in [0.29, 0.717) is 0 Å². The van der Waals surface area contributed by atoms with Crippen LogP contribution in [0.5, 0.6) is 0 Å². The average Bonchev–Trinajstić information content (AvgIpc) is 0. The Bertz CT molecular complexity index is 9.51. The van der Waals surface area contributed by atoms with E-state index in [4.69, 9.17) is 0 Å². The second kappa shape index (κ2) is 86.0. The van der Waals surface area contributed by atoms with Gasteiger partial charge in [-0.25, -0.2) is 0 Å². The maximum Gasteiger partial charge on any atom is 0 e. The van der Waals surface area contributed by atoms with Crippen molar-refractivity contribution >= 4 is 57.1 Å². The van der Waals surface area contributed by atoms with Gasteiger partial charge in [0.25, 0.3) is 0 Å². The molecule has 0 aromatic rings. The fourth-order valence-electron chi connectivity index (χ4n) is 0. The van der Waals surface area contributed by atoms with Gasteiger partial charge in [0.15, 0.2) is 0 Å². The van der Waals surface area contributed by atoms with E-state index < -0.39 is 0 Å². The Morgan fingerprint density at radius 3 is 0.500 bits per heavy atom. The average molecular weight is 233 g/mol. The third-order valence-corrected chi connectivity index (χ3v) is 0. The Balaban J connectivity index is 0. The molecular formula is C2H8Ge2Si2. The van der Waals surface area contributed by atoms with E-state index in [0.717, 1.165) is 0 Å². The summed E-state index contributed by atoms with van der Waals surface area (Å²) in [5.41, 5.74) is 0. The van der Waals surface area contributed by atoms with Crippen molar-refractivity contribution in [2.45, 2.75) is 14.9 Å². The first-order valence-electron chi connectivity index (χ1n) is 0. The van der Waals surface area contributed by atoms with Gasteiger partial charge in [0.2, 0.25) is 0 Å². The van der Waals surface area contributed by atoms with Crippen LogP contribution >= 0.6 is 0 Å². The maximum atomic E-state index is 0. The molecule has 0 unspecified atom stereocenters. The Labute approximate surface area is 71.9 Å². The molecule has 0 bridgehead atoms. The summed E-state index contributed by atoms with van der Waals surface area (Å²) in [6.07, 6.45) is 0. The monoisotopic (exact) mass is 236 g/mol. The molecule has 0 rings (SSSR count). The van der Waals surface area contributed by atoms with Gasteiger partial charge in [-0.05, 0) is 0 Å². The van der Waals surface area contributed by atoms with Gasteiger partial charge in [0.1, 0.15) is 0 Å². The van der Waals surface area contributed by atoms with E-state index in [2.05, 4.69) is 0 Å². The molecule has 0 aliphatic rings. The fraction of sp³-hybridized carbons (Fsp3) is 1.00. The maximum absolute atomic E-state index is 0. The van der Waals surface area contributed by atoms with E-state index in [-0.39, 0.29) is 72.0 Å². The Hall–Kier alpha value is 1.52. The van der Waals surface area contributed by atoms with Gasteiger partial charge in [-0.1, -0.05) is 14.9 Å². The van der Waals surface area contributed by atoms with Gasteiger partial charge in [-0.15, -0.1) is 0 Å². The molecule has 0 heterocycles. The van der Waals surface area contributed by atoms with Crippen LogP contribution in [0.1, 0.15) is 14.9 Å². The van der Waals surface area contributed by atoms with Gasteiger partial charge in [-0.3, -0.25) is 0 Å². The van der Waals surface area contributed by atoms with E-state index >= 15 is 0 Å². The van der Waals surface area contributed by atoms with E-state index in [1.165, 1.54) is 0 Å². The zero-order chi connectivity index (χ0) is 0. The molecule has 0 atom stereocenters. The molecule has 0 aliphatic heterocycles. The van der Waals surface area contributed by atoms with Crippen molar-refractivity contribution in [2.24, 2.45) is 0 Å². The van der Waals surface area contributed by atoms with Gasteiger partial charge in [0.05, 0.1) is 0 Å². The molecule has 6 heavy (non-hydrogen) atoms. The quantitative estimate of drug-likeness (QED) is 0.506. The third-order valence-electron chi connectivity index (χ3n) is 0. The van der Waals surface area contributed by atoms with E-state index in [1.54, 1.807) is 0 Å². The summed E-state index contributed by atoms with van der Waals surface area (Å²) in [4.78, 5) is 0. The zero-order valence-corrected chi connectivity index (χ0v) is 8.20. The molecule has 0 saturated heterocycles. The van der Waals surface area contributed by atoms with Gasteiger partial charge < -0.3 is 0 Å². The summed E-state index contributed by atoms with van der Waals surface area (Å²) >= 11 is 0. The molecule has 32 valence electrons. The van der Waals surface area contributed by atoms with Crippen molar-refractivity contribution in [3.63, 3.8) is 0 Å². The van der Waals surface area contributed by atoms with Crippen LogP contribution in [0.15, 0.2) is 0 Å². The van der Waals surface area contributed by atoms with Crippen LogP contribution in [-0.4, -0.2) is 57.1 Å². The first-order valence-corrected chi connectivity index (χ1v) is 0. The summed E-state index contributed by atoms with van der Waals surface area (Å²) in [7, 11) is 0. The molecule has 0 N–H and O–H groups in total. The summed E-state index contributed by atoms with van der Waals surface area (Å²) < 4.78 is 0. The largest absolute Gasteiger partial charge is 0.0776 e. The number of hydrogen-bond donors (Lipinski definition) is 0. The van der Waals surface area contributed by atoms with Crippen molar-refractivity contribution in [1.29, 1.82) is 0 Å². The Kier molecular flexibility index (Phi) is 1980. The first-order chi connectivity index (χ1) is 0. The third kappa shape index (κ3) is 48.8. The normalized spacial score (nSPS) is 0. The Morgan fingerprint density at radius 1 is 0.500 bits per heavy atom. The predicted molar refractivity (Wildman–Crippen MR) is 36.5 cm³/mol. The minimum atomic E-state index is 0. The van der Waals surface area contributed by atoms with Crippen LogP contribution in [-0.2, 0) is 0 Å². The molecule has 0 spiro atoms. The smallest absolute Gasteiger partial charge is 0 e. The van der Waals surface area contributed by atoms with Crippen LogP contribution in [0.4, 0.5) is 0 Å². The summed E-state index contributed by atoms with van der Waals surface area (Å²) in [6.45, 7) is 0. The molecule has 0 nitrogen and oxygen atoms in total. The summed E-state index contributed by atoms with van der Waals surface area (Å²) in [6, 6.07) is 0. The van der Waals surface area contributed by atoms with Crippen molar-refractivity contribution in [2.75, 3.05) is 0 Å². The van der Waals surface area contributed by atoms with Crippen LogP contribution in [0.25, 0.3) is 0 Å². The molecule has 0 amide bonds. The minimum Gasteiger partial charge on any atom is -0.0776 e. The van der Waals surface area contributed by atoms with Crippen molar-refractivity contribution in [1.82, 2.24) is 0 Å². The van der Waals surface area contributed by atoms with Crippen molar-refractivity contribution < 1.29 is 0 Å². The topological polar surface area (TPSA) is 0 Å². The van der Waals surface area contributed by atoms with Crippen LogP contribution in [0.2, 0.25) is 0 Å². The molecule has 0 aliphatic carbocycles. The minimum absolute atomic E-state index is 0. The van der Waals surface area contributed by atoms with E-state index in [9.17, 15) is 0 Å². The first kappa shape index (κ1) is 138. The molecule has 0 fully saturated rings. The van der Waals surface area contributed by atoms with Gasteiger partial charge >= 0.3 is 0 Å². The Morgan fingerprint density at radius 2 is 0.500 bits per heavy atom. The fourth-order valence-corrected chi connectivity index (χ4v) is 0. The number of rotatable bonds is 0. The van der Waals surface area contributed by atoms with Crippen LogP contribution in [0.3, 0.4) is 0 Å². The molecular weight excluding hydrogens is 225 g/mol. The van der Waals surface area contributed by atoms with E-state index in [1.807, 2.05) is 0 Å².